The lowest BCUT2D eigenvalue weighted by Gasteiger charge is -2.30. The van der Waals surface area contributed by atoms with E-state index in [4.69, 9.17) is 0 Å². The average Bonchev–Trinajstić information content (AvgIpc) is 3.24. The summed E-state index contributed by atoms with van der Waals surface area (Å²) in [5.74, 6) is 0.858. The number of thiazole rings is 1. The van der Waals surface area contributed by atoms with Crippen molar-refractivity contribution in [1.29, 1.82) is 0 Å². The molecule has 0 radical (unpaired) electrons. The Morgan fingerprint density at radius 3 is 2.81 bits per heavy atom. The number of amides is 1. The van der Waals surface area contributed by atoms with E-state index in [1.165, 1.54) is 37.1 Å². The molecule has 1 saturated heterocycles. The average molecular weight is 383 g/mol. The van der Waals surface area contributed by atoms with E-state index >= 15 is 0 Å². The van der Waals surface area contributed by atoms with Crippen LogP contribution in [0.5, 0.6) is 0 Å². The van der Waals surface area contributed by atoms with Gasteiger partial charge in [0.05, 0.1) is 12.1 Å². The lowest BCUT2D eigenvalue weighted by molar-refractivity contribution is -0.120. The summed E-state index contributed by atoms with van der Waals surface area (Å²) in [6.45, 7) is 6.21. The summed E-state index contributed by atoms with van der Waals surface area (Å²) in [7, 11) is 0. The zero-order valence-corrected chi connectivity index (χ0v) is 16.5. The molecule has 2 aromatic heterocycles. The molecule has 0 bridgehead atoms. The Kier molecular flexibility index (Phi) is 5.55. The molecule has 1 N–H and O–H groups in total. The highest BCUT2D eigenvalue weighted by molar-refractivity contribution is 7.15. The third-order valence-corrected chi connectivity index (χ3v) is 6.12. The Bertz CT molecular complexity index is 879. The Labute approximate surface area is 164 Å². The van der Waals surface area contributed by atoms with Gasteiger partial charge in [-0.05, 0) is 43.0 Å². The number of rotatable bonds is 6. The molecule has 1 aromatic carbocycles. The fourth-order valence-electron chi connectivity index (χ4n) is 3.63. The molecule has 1 fully saturated rings. The van der Waals surface area contributed by atoms with Crippen LogP contribution in [0.4, 0.5) is 0 Å². The molecule has 0 spiro atoms. The molecular weight excluding hydrogens is 356 g/mol. The first-order chi connectivity index (χ1) is 13.2. The second-order valence-corrected chi connectivity index (χ2v) is 8.38. The molecule has 142 valence electrons. The topological polar surface area (TPSA) is 49.6 Å². The van der Waals surface area contributed by atoms with Gasteiger partial charge in [0.1, 0.15) is 0 Å². The molecule has 0 aliphatic carbocycles. The number of aromatic nitrogens is 2. The van der Waals surface area contributed by atoms with Gasteiger partial charge in [-0.15, -0.1) is 11.3 Å². The number of imidazole rings is 1. The number of likely N-dealkylation sites (tertiary alicyclic amines) is 1. The van der Waals surface area contributed by atoms with Crippen molar-refractivity contribution in [3.05, 3.63) is 58.9 Å². The van der Waals surface area contributed by atoms with Gasteiger partial charge in [0.15, 0.2) is 4.96 Å². The largest absolute Gasteiger partial charge is 0.352 e. The quantitative estimate of drug-likeness (QED) is 0.710. The third kappa shape index (κ3) is 4.57. The predicted molar refractivity (Wildman–Crippen MR) is 109 cm³/mol. The van der Waals surface area contributed by atoms with Crippen molar-refractivity contribution in [3.8, 4) is 0 Å². The normalized spacial score (nSPS) is 16.0. The minimum Gasteiger partial charge on any atom is -0.352 e. The van der Waals surface area contributed by atoms with Crippen LogP contribution in [0.3, 0.4) is 0 Å². The minimum absolute atomic E-state index is 0.0161. The Morgan fingerprint density at radius 2 is 2.04 bits per heavy atom. The number of nitrogens with zero attached hydrogens (tertiary/aromatic N) is 3. The maximum Gasteiger partial charge on any atom is 0.226 e. The Hall–Kier alpha value is -2.18. The summed E-state index contributed by atoms with van der Waals surface area (Å²) in [5, 5.41) is 5.06. The van der Waals surface area contributed by atoms with Crippen LogP contribution in [0, 0.1) is 5.92 Å². The summed E-state index contributed by atoms with van der Waals surface area (Å²) in [6.07, 6.45) is 6.77. The number of benzene rings is 1. The van der Waals surface area contributed by atoms with Gasteiger partial charge < -0.3 is 5.32 Å². The van der Waals surface area contributed by atoms with Crippen LogP contribution >= 0.6 is 11.3 Å². The van der Waals surface area contributed by atoms with Gasteiger partial charge in [0, 0.05) is 30.9 Å². The highest BCUT2D eigenvalue weighted by atomic mass is 32.1. The number of nitrogens with one attached hydrogen (secondary N) is 1. The molecule has 1 aliphatic rings. The fourth-order valence-corrected chi connectivity index (χ4v) is 4.35. The van der Waals surface area contributed by atoms with Gasteiger partial charge in [0.2, 0.25) is 5.91 Å². The highest BCUT2D eigenvalue weighted by Gasteiger charge is 2.17. The molecule has 27 heavy (non-hydrogen) atoms. The minimum atomic E-state index is 0.0161. The molecule has 3 aromatic rings. The number of carbonyl (C=O) groups excluding carboxylic acids is 1. The molecule has 0 atom stereocenters. The molecule has 5 nitrogen and oxygen atoms in total. The van der Waals surface area contributed by atoms with Gasteiger partial charge >= 0.3 is 0 Å². The first-order valence-electron chi connectivity index (χ1n) is 9.64. The van der Waals surface area contributed by atoms with E-state index in [-0.39, 0.29) is 5.91 Å². The predicted octanol–water partition coefficient (Wildman–Crippen LogP) is 3.49. The maximum atomic E-state index is 12.4. The van der Waals surface area contributed by atoms with E-state index < -0.39 is 0 Å². The standard InChI is InChI=1S/C21H26N4OS/c1-16-6-8-24(9-7-16)14-18-5-3-2-4-17(18)13-22-20(26)12-19-15-25-10-11-27-21(25)23-19/h2-5,10-11,15-16H,6-9,12-14H2,1H3,(H,22,26). The van der Waals surface area contributed by atoms with Crippen molar-refractivity contribution in [2.75, 3.05) is 13.1 Å². The van der Waals surface area contributed by atoms with Crippen molar-refractivity contribution < 1.29 is 4.79 Å². The van der Waals surface area contributed by atoms with Gasteiger partial charge in [-0.2, -0.15) is 0 Å². The second-order valence-electron chi connectivity index (χ2n) is 7.51. The van der Waals surface area contributed by atoms with Crippen molar-refractivity contribution in [3.63, 3.8) is 0 Å². The van der Waals surface area contributed by atoms with E-state index in [0.29, 0.717) is 13.0 Å². The summed E-state index contributed by atoms with van der Waals surface area (Å²) in [5.41, 5.74) is 3.33. The molecule has 0 saturated carbocycles. The fraction of sp³-hybridized carbons (Fsp3) is 0.429. The zero-order chi connectivity index (χ0) is 18.6. The second kappa shape index (κ2) is 8.23. The van der Waals surface area contributed by atoms with Crippen LogP contribution < -0.4 is 5.32 Å². The molecule has 1 aliphatic heterocycles. The van der Waals surface area contributed by atoms with Crippen LogP contribution in [0.25, 0.3) is 4.96 Å². The summed E-state index contributed by atoms with van der Waals surface area (Å²) in [4.78, 5) is 20.3. The maximum absolute atomic E-state index is 12.4. The van der Waals surface area contributed by atoms with Gasteiger partial charge in [-0.1, -0.05) is 31.2 Å². The lowest BCUT2D eigenvalue weighted by atomic mass is 9.98. The van der Waals surface area contributed by atoms with Gasteiger partial charge in [0.25, 0.3) is 0 Å². The molecule has 1 amide bonds. The van der Waals surface area contributed by atoms with E-state index in [1.807, 2.05) is 28.2 Å². The van der Waals surface area contributed by atoms with Crippen LogP contribution in [0.2, 0.25) is 0 Å². The van der Waals surface area contributed by atoms with Crippen LogP contribution in [0.15, 0.2) is 42.0 Å². The monoisotopic (exact) mass is 382 g/mol. The van der Waals surface area contributed by atoms with Crippen molar-refractivity contribution in [1.82, 2.24) is 19.6 Å². The van der Waals surface area contributed by atoms with Crippen molar-refractivity contribution >= 4 is 22.2 Å². The SMILES string of the molecule is CC1CCN(Cc2ccccc2CNC(=O)Cc2cn3ccsc3n2)CC1. The zero-order valence-electron chi connectivity index (χ0n) is 15.7. The Balaban J connectivity index is 1.33. The van der Waals surface area contributed by atoms with Gasteiger partial charge in [-0.25, -0.2) is 4.98 Å². The summed E-state index contributed by atoms with van der Waals surface area (Å²) < 4.78 is 1.96. The van der Waals surface area contributed by atoms with E-state index in [1.54, 1.807) is 11.3 Å². The van der Waals surface area contributed by atoms with E-state index in [0.717, 1.165) is 23.1 Å². The summed E-state index contributed by atoms with van der Waals surface area (Å²) in [6, 6.07) is 8.44. The number of hydrogen-bond donors (Lipinski definition) is 1. The van der Waals surface area contributed by atoms with Crippen LogP contribution in [0.1, 0.15) is 36.6 Å². The number of carbonyl (C=O) groups is 1. The number of hydrogen-bond acceptors (Lipinski definition) is 4. The highest BCUT2D eigenvalue weighted by Crippen LogP contribution is 2.19. The molecule has 4 rings (SSSR count). The third-order valence-electron chi connectivity index (χ3n) is 5.35. The summed E-state index contributed by atoms with van der Waals surface area (Å²) >= 11 is 1.58. The van der Waals surface area contributed by atoms with Crippen LogP contribution in [-0.4, -0.2) is 33.3 Å². The first-order valence-corrected chi connectivity index (χ1v) is 10.5. The van der Waals surface area contributed by atoms with Gasteiger partial charge in [-0.3, -0.25) is 14.1 Å². The first kappa shape index (κ1) is 18.2. The Morgan fingerprint density at radius 1 is 1.26 bits per heavy atom. The smallest absolute Gasteiger partial charge is 0.226 e. The van der Waals surface area contributed by atoms with Crippen molar-refractivity contribution in [2.45, 2.75) is 39.3 Å². The molecule has 3 heterocycles. The van der Waals surface area contributed by atoms with Crippen molar-refractivity contribution in [2.24, 2.45) is 5.92 Å². The van der Waals surface area contributed by atoms with E-state index in [9.17, 15) is 4.79 Å². The number of piperidine rings is 1. The lowest BCUT2D eigenvalue weighted by Crippen LogP contribution is -2.33. The molecule has 6 heteroatoms. The molecular formula is C21H26N4OS. The van der Waals surface area contributed by atoms with E-state index in [2.05, 4.69) is 40.3 Å². The molecule has 0 unspecified atom stereocenters. The van der Waals surface area contributed by atoms with Crippen LogP contribution in [-0.2, 0) is 24.3 Å². The number of fused-ring (bicyclic) bond motifs is 1.